The van der Waals surface area contributed by atoms with Crippen molar-refractivity contribution in [1.29, 1.82) is 0 Å². The molecule has 0 aliphatic carbocycles. The Morgan fingerprint density at radius 3 is 1.60 bits per heavy atom. The van der Waals surface area contributed by atoms with Crippen molar-refractivity contribution in [2.75, 3.05) is 13.2 Å². The molecule has 15 heavy (non-hydrogen) atoms. The topological polar surface area (TPSA) is 18.5 Å². The minimum absolute atomic E-state index is 0.470. The predicted octanol–water partition coefficient (Wildman–Crippen LogP) is 3.66. The van der Waals surface area contributed by atoms with Crippen molar-refractivity contribution in [3.05, 3.63) is 0 Å². The molecule has 88 valence electrons. The van der Waals surface area contributed by atoms with Crippen molar-refractivity contribution in [2.45, 2.75) is 46.0 Å². The Hall–Kier alpha value is -0.220. The van der Waals surface area contributed by atoms with Gasteiger partial charge in [-0.2, -0.15) is 0 Å². The largest absolute Gasteiger partial charge is 0.487 e. The monoisotopic (exact) mass is 248 g/mol. The van der Waals surface area contributed by atoms with Gasteiger partial charge in [0.15, 0.2) is 10.1 Å². The van der Waals surface area contributed by atoms with E-state index in [-0.39, 0.29) is 0 Å². The maximum Gasteiger partial charge on any atom is 0.168 e. The number of rotatable bonds is 8. The number of unbranched alkanes of at least 4 members (excludes halogenated alkanes) is 2. The molecular formula is C11H20O2S2. The molecule has 0 spiro atoms. The van der Waals surface area contributed by atoms with Gasteiger partial charge >= 0.3 is 0 Å². The van der Waals surface area contributed by atoms with Gasteiger partial charge in [-0.1, -0.05) is 26.7 Å². The molecule has 0 unspecified atom stereocenters. The second-order valence-corrected chi connectivity index (χ2v) is 4.24. The van der Waals surface area contributed by atoms with Gasteiger partial charge in [-0.25, -0.2) is 0 Å². The smallest absolute Gasteiger partial charge is 0.168 e. The van der Waals surface area contributed by atoms with E-state index in [9.17, 15) is 0 Å². The molecule has 0 amide bonds. The Kier molecular flexibility index (Phi) is 10.2. The van der Waals surface area contributed by atoms with Crippen molar-refractivity contribution in [3.63, 3.8) is 0 Å². The molecule has 0 aromatic rings. The molecule has 2 nitrogen and oxygen atoms in total. The molecule has 0 aromatic carbocycles. The lowest BCUT2D eigenvalue weighted by Gasteiger charge is -2.09. The van der Waals surface area contributed by atoms with Crippen molar-refractivity contribution in [2.24, 2.45) is 0 Å². The second-order valence-electron chi connectivity index (χ2n) is 3.32. The third kappa shape index (κ3) is 10.1. The summed E-state index contributed by atoms with van der Waals surface area (Å²) < 4.78 is 10.6. The lowest BCUT2D eigenvalue weighted by molar-refractivity contribution is 0.284. The van der Waals surface area contributed by atoms with Crippen LogP contribution in [-0.2, 0) is 9.47 Å². The summed E-state index contributed by atoms with van der Waals surface area (Å²) in [6, 6.07) is 0. The summed E-state index contributed by atoms with van der Waals surface area (Å²) in [5.74, 6) is 0. The van der Waals surface area contributed by atoms with Crippen LogP contribution in [0.2, 0.25) is 0 Å². The minimum atomic E-state index is 0.470. The van der Waals surface area contributed by atoms with Crippen molar-refractivity contribution >= 4 is 34.5 Å². The van der Waals surface area contributed by atoms with E-state index in [1.54, 1.807) is 0 Å². The first-order valence-electron chi connectivity index (χ1n) is 5.52. The molecule has 0 N–H and O–H groups in total. The number of thiocarbonyl (C=S) groups is 2. The summed E-state index contributed by atoms with van der Waals surface area (Å²) in [5.41, 5.74) is 0. The maximum absolute atomic E-state index is 5.32. The first-order chi connectivity index (χ1) is 7.20. The standard InChI is InChI=1S/C11H20O2S2/c1-3-5-7-12-10(14)9-11(15)13-8-6-4-2/h3-9H2,1-2H3. The minimum Gasteiger partial charge on any atom is -0.487 e. The van der Waals surface area contributed by atoms with Crippen LogP contribution in [0.25, 0.3) is 0 Å². The van der Waals surface area contributed by atoms with Crippen molar-refractivity contribution < 1.29 is 9.47 Å². The van der Waals surface area contributed by atoms with Gasteiger partial charge in [0, 0.05) is 0 Å². The molecule has 0 fully saturated rings. The van der Waals surface area contributed by atoms with E-state index in [0.717, 1.165) is 25.7 Å². The highest BCUT2D eigenvalue weighted by Gasteiger charge is 2.03. The van der Waals surface area contributed by atoms with Crippen LogP contribution in [0, 0.1) is 0 Å². The number of hydrogen-bond donors (Lipinski definition) is 0. The summed E-state index contributed by atoms with van der Waals surface area (Å²) in [6.45, 7) is 5.61. The van der Waals surface area contributed by atoms with E-state index in [2.05, 4.69) is 13.8 Å². The number of ether oxygens (including phenoxy) is 2. The van der Waals surface area contributed by atoms with Crippen molar-refractivity contribution in [3.8, 4) is 0 Å². The van der Waals surface area contributed by atoms with Gasteiger partial charge in [0.2, 0.25) is 0 Å². The van der Waals surface area contributed by atoms with E-state index in [4.69, 9.17) is 33.9 Å². The Morgan fingerprint density at radius 1 is 0.867 bits per heavy atom. The lowest BCUT2D eigenvalue weighted by Crippen LogP contribution is -2.12. The van der Waals surface area contributed by atoms with Gasteiger partial charge in [-0.15, -0.1) is 0 Å². The number of hydrogen-bond acceptors (Lipinski definition) is 4. The highest BCUT2D eigenvalue weighted by Crippen LogP contribution is 1.99. The van der Waals surface area contributed by atoms with Gasteiger partial charge in [-0.3, -0.25) is 0 Å². The molecule has 0 radical (unpaired) electrons. The van der Waals surface area contributed by atoms with Crippen LogP contribution in [0.4, 0.5) is 0 Å². The highest BCUT2D eigenvalue weighted by molar-refractivity contribution is 7.81. The van der Waals surface area contributed by atoms with E-state index in [1.807, 2.05) is 0 Å². The van der Waals surface area contributed by atoms with Crippen LogP contribution < -0.4 is 0 Å². The quantitative estimate of drug-likeness (QED) is 0.482. The summed E-state index contributed by atoms with van der Waals surface area (Å²) >= 11 is 10.1. The maximum atomic E-state index is 5.32. The van der Waals surface area contributed by atoms with Crippen LogP contribution in [0.1, 0.15) is 46.0 Å². The summed E-state index contributed by atoms with van der Waals surface area (Å²) in [7, 11) is 0. The summed E-state index contributed by atoms with van der Waals surface area (Å²) in [5, 5.41) is 1.09. The third-order valence-corrected chi connectivity index (χ3v) is 2.33. The molecule has 0 aliphatic heterocycles. The molecule has 0 atom stereocenters. The highest BCUT2D eigenvalue weighted by atomic mass is 32.1. The molecule has 0 rings (SSSR count). The first-order valence-corrected chi connectivity index (χ1v) is 6.33. The van der Waals surface area contributed by atoms with Gasteiger partial charge < -0.3 is 9.47 Å². The normalized spacial score (nSPS) is 9.73. The molecule has 0 aromatic heterocycles. The zero-order valence-corrected chi connectivity index (χ0v) is 11.2. The fraction of sp³-hybridized carbons (Fsp3) is 0.818. The van der Waals surface area contributed by atoms with Gasteiger partial charge in [-0.05, 0) is 37.3 Å². The van der Waals surface area contributed by atoms with Crippen LogP contribution in [0.3, 0.4) is 0 Å². The Morgan fingerprint density at radius 2 is 1.27 bits per heavy atom. The van der Waals surface area contributed by atoms with Crippen molar-refractivity contribution in [1.82, 2.24) is 0 Å². The zero-order valence-electron chi connectivity index (χ0n) is 9.58. The Bertz CT molecular complexity index is 173. The van der Waals surface area contributed by atoms with E-state index in [0.29, 0.717) is 29.7 Å². The fourth-order valence-corrected chi connectivity index (χ4v) is 1.40. The van der Waals surface area contributed by atoms with E-state index < -0.39 is 0 Å². The molecule has 0 heterocycles. The van der Waals surface area contributed by atoms with E-state index in [1.165, 1.54) is 0 Å². The second kappa shape index (κ2) is 10.3. The lowest BCUT2D eigenvalue weighted by atomic mass is 10.3. The van der Waals surface area contributed by atoms with Gasteiger partial charge in [0.1, 0.15) is 0 Å². The van der Waals surface area contributed by atoms with Crippen LogP contribution >= 0.6 is 24.4 Å². The van der Waals surface area contributed by atoms with Crippen LogP contribution in [-0.4, -0.2) is 23.3 Å². The average molecular weight is 248 g/mol. The first kappa shape index (κ1) is 14.8. The Labute approximate surface area is 103 Å². The summed E-state index contributed by atoms with van der Waals surface area (Å²) in [4.78, 5) is 0. The third-order valence-electron chi connectivity index (χ3n) is 1.81. The summed E-state index contributed by atoms with van der Waals surface area (Å²) in [6.07, 6.45) is 4.76. The molecular weight excluding hydrogens is 228 g/mol. The molecule has 0 aliphatic rings. The molecule has 0 bridgehead atoms. The molecule has 4 heteroatoms. The predicted molar refractivity (Wildman–Crippen MR) is 71.5 cm³/mol. The van der Waals surface area contributed by atoms with Crippen LogP contribution in [0.15, 0.2) is 0 Å². The fourth-order valence-electron chi connectivity index (χ4n) is 0.881. The zero-order chi connectivity index (χ0) is 11.5. The molecule has 0 saturated heterocycles. The van der Waals surface area contributed by atoms with Crippen LogP contribution in [0.5, 0.6) is 0 Å². The van der Waals surface area contributed by atoms with Gasteiger partial charge in [0.25, 0.3) is 0 Å². The van der Waals surface area contributed by atoms with E-state index >= 15 is 0 Å². The Balaban J connectivity index is 3.45. The van der Waals surface area contributed by atoms with Gasteiger partial charge in [0.05, 0.1) is 19.6 Å². The average Bonchev–Trinajstić information content (AvgIpc) is 2.18. The molecule has 0 saturated carbocycles. The SMILES string of the molecule is CCCCOC(=S)CC(=S)OCCCC.